The quantitative estimate of drug-likeness (QED) is 0.941. The Labute approximate surface area is 123 Å². The maximum atomic E-state index is 5.80. The third-order valence-corrected chi connectivity index (χ3v) is 4.90. The van der Waals surface area contributed by atoms with Gasteiger partial charge in [0.2, 0.25) is 5.89 Å². The molecule has 0 atom stereocenters. The van der Waals surface area contributed by atoms with E-state index < -0.39 is 0 Å². The van der Waals surface area contributed by atoms with Gasteiger partial charge in [0.25, 0.3) is 0 Å². The van der Waals surface area contributed by atoms with Gasteiger partial charge in [-0.05, 0) is 56.8 Å². The Morgan fingerprint density at radius 1 is 1.45 bits per heavy atom. The van der Waals surface area contributed by atoms with E-state index in [0.717, 1.165) is 48.4 Å². The normalized spacial score (nSPS) is 17.7. The van der Waals surface area contributed by atoms with Gasteiger partial charge in [-0.25, -0.2) is 4.98 Å². The molecule has 5 heteroatoms. The topological polar surface area (TPSA) is 55.3 Å². The molecule has 0 aliphatic carbocycles. The second kappa shape index (κ2) is 6.08. The van der Waals surface area contributed by atoms with Crippen molar-refractivity contribution < 1.29 is 4.42 Å². The van der Waals surface area contributed by atoms with Crippen LogP contribution in [0.4, 0.5) is 0 Å². The Morgan fingerprint density at radius 2 is 2.25 bits per heavy atom. The molecular weight excluding hydrogens is 270 g/mol. The summed E-state index contributed by atoms with van der Waals surface area (Å²) >= 11 is 1.66. The smallest absolute Gasteiger partial charge is 0.236 e. The zero-order chi connectivity index (χ0) is 13.9. The summed E-state index contributed by atoms with van der Waals surface area (Å²) < 4.78 is 5.80. The molecule has 0 saturated carbocycles. The van der Waals surface area contributed by atoms with Crippen molar-refractivity contribution in [3.05, 3.63) is 29.0 Å². The van der Waals surface area contributed by atoms with Gasteiger partial charge in [0.05, 0.1) is 10.6 Å². The van der Waals surface area contributed by atoms with E-state index in [9.17, 15) is 0 Å². The van der Waals surface area contributed by atoms with E-state index in [1.54, 1.807) is 11.3 Å². The predicted octanol–water partition coefficient (Wildman–Crippen LogP) is 2.88. The van der Waals surface area contributed by atoms with Crippen LogP contribution in [0.25, 0.3) is 10.8 Å². The fourth-order valence-electron chi connectivity index (χ4n) is 2.67. The number of hydrogen-bond donors (Lipinski definition) is 1. The first-order valence-corrected chi connectivity index (χ1v) is 8.07. The Morgan fingerprint density at radius 3 is 2.90 bits per heavy atom. The molecule has 0 radical (unpaired) electrons. The lowest BCUT2D eigenvalue weighted by Crippen LogP contribution is -2.35. The number of nitrogens with zero attached hydrogens (tertiary/aromatic N) is 2. The molecule has 1 aliphatic heterocycles. The van der Waals surface area contributed by atoms with Crippen LogP contribution in [0.3, 0.4) is 0 Å². The number of nitrogens with two attached hydrogens (primary N) is 1. The summed E-state index contributed by atoms with van der Waals surface area (Å²) in [5.41, 5.74) is 6.81. The van der Waals surface area contributed by atoms with E-state index in [1.165, 1.54) is 12.8 Å². The molecule has 4 nitrogen and oxygen atoms in total. The summed E-state index contributed by atoms with van der Waals surface area (Å²) in [7, 11) is 0. The summed E-state index contributed by atoms with van der Waals surface area (Å²) in [4.78, 5) is 8.21. The average molecular weight is 291 g/mol. The molecule has 0 aromatic carbocycles. The van der Waals surface area contributed by atoms with Gasteiger partial charge in [0.15, 0.2) is 0 Å². The lowest BCUT2D eigenvalue weighted by molar-refractivity contribution is 0.178. The standard InChI is InChI=1S/C15H21N3OS/c1-11-13(10-18-6-4-12(9-16)5-7-18)17-15(19-11)14-3-2-8-20-14/h2-3,8,12H,4-7,9-10,16H2,1H3. The first kappa shape index (κ1) is 13.8. The van der Waals surface area contributed by atoms with Crippen LogP contribution in [-0.4, -0.2) is 29.5 Å². The molecule has 0 unspecified atom stereocenters. The van der Waals surface area contributed by atoms with E-state index in [1.807, 2.05) is 24.4 Å². The number of likely N-dealkylation sites (tertiary alicyclic amines) is 1. The highest BCUT2D eigenvalue weighted by Crippen LogP contribution is 2.27. The van der Waals surface area contributed by atoms with Gasteiger partial charge in [0, 0.05) is 6.54 Å². The summed E-state index contributed by atoms with van der Waals surface area (Å²) in [5.74, 6) is 2.39. The Hall–Kier alpha value is -1.17. The SMILES string of the molecule is Cc1oc(-c2cccs2)nc1CN1CCC(CN)CC1. The molecular formula is C15H21N3OS. The van der Waals surface area contributed by atoms with E-state index >= 15 is 0 Å². The molecule has 0 amide bonds. The van der Waals surface area contributed by atoms with Crippen molar-refractivity contribution in [2.45, 2.75) is 26.3 Å². The van der Waals surface area contributed by atoms with Crippen LogP contribution in [0.2, 0.25) is 0 Å². The lowest BCUT2D eigenvalue weighted by atomic mass is 9.97. The monoisotopic (exact) mass is 291 g/mol. The number of hydrogen-bond acceptors (Lipinski definition) is 5. The molecule has 0 bridgehead atoms. The first-order valence-electron chi connectivity index (χ1n) is 7.19. The number of piperidine rings is 1. The number of oxazole rings is 1. The number of rotatable bonds is 4. The van der Waals surface area contributed by atoms with Crippen LogP contribution in [-0.2, 0) is 6.54 Å². The Balaban J connectivity index is 1.66. The van der Waals surface area contributed by atoms with Gasteiger partial charge in [-0.15, -0.1) is 11.3 Å². The fraction of sp³-hybridized carbons (Fsp3) is 0.533. The maximum Gasteiger partial charge on any atom is 0.236 e. The van der Waals surface area contributed by atoms with Crippen molar-refractivity contribution in [1.29, 1.82) is 0 Å². The molecule has 108 valence electrons. The summed E-state index contributed by atoms with van der Waals surface area (Å²) in [6.45, 7) is 5.94. The van der Waals surface area contributed by atoms with E-state index in [2.05, 4.69) is 9.88 Å². The molecule has 2 N–H and O–H groups in total. The highest BCUT2D eigenvalue weighted by atomic mass is 32.1. The molecule has 0 spiro atoms. The molecule has 1 aliphatic rings. The molecule has 2 aromatic rings. The Bertz CT molecular complexity index is 541. The lowest BCUT2D eigenvalue weighted by Gasteiger charge is -2.30. The molecule has 1 fully saturated rings. The minimum Gasteiger partial charge on any atom is -0.440 e. The van der Waals surface area contributed by atoms with Crippen molar-refractivity contribution >= 4 is 11.3 Å². The van der Waals surface area contributed by atoms with Gasteiger partial charge < -0.3 is 10.2 Å². The van der Waals surface area contributed by atoms with Crippen LogP contribution in [0.1, 0.15) is 24.3 Å². The Kier molecular flexibility index (Phi) is 4.19. The molecule has 3 rings (SSSR count). The minimum atomic E-state index is 0.700. The summed E-state index contributed by atoms with van der Waals surface area (Å²) in [6.07, 6.45) is 2.40. The van der Waals surface area contributed by atoms with Crippen molar-refractivity contribution in [1.82, 2.24) is 9.88 Å². The van der Waals surface area contributed by atoms with Gasteiger partial charge >= 0.3 is 0 Å². The second-order valence-corrected chi connectivity index (χ2v) is 6.40. The van der Waals surface area contributed by atoms with Crippen LogP contribution in [0, 0.1) is 12.8 Å². The average Bonchev–Trinajstić information content (AvgIpc) is 3.10. The van der Waals surface area contributed by atoms with Gasteiger partial charge in [-0.1, -0.05) is 6.07 Å². The highest BCUT2D eigenvalue weighted by molar-refractivity contribution is 7.13. The zero-order valence-corrected chi connectivity index (χ0v) is 12.7. The number of aromatic nitrogens is 1. The van der Waals surface area contributed by atoms with Crippen LogP contribution in [0.15, 0.2) is 21.9 Å². The third kappa shape index (κ3) is 2.95. The van der Waals surface area contributed by atoms with E-state index in [4.69, 9.17) is 10.2 Å². The van der Waals surface area contributed by atoms with Gasteiger partial charge in [-0.2, -0.15) is 0 Å². The van der Waals surface area contributed by atoms with Crippen LogP contribution >= 0.6 is 11.3 Å². The summed E-state index contributed by atoms with van der Waals surface area (Å²) in [5, 5.41) is 2.05. The second-order valence-electron chi connectivity index (χ2n) is 5.45. The van der Waals surface area contributed by atoms with Crippen molar-refractivity contribution in [2.24, 2.45) is 11.7 Å². The largest absolute Gasteiger partial charge is 0.440 e. The highest BCUT2D eigenvalue weighted by Gasteiger charge is 2.20. The van der Waals surface area contributed by atoms with E-state index in [0.29, 0.717) is 5.92 Å². The van der Waals surface area contributed by atoms with Crippen LogP contribution < -0.4 is 5.73 Å². The maximum absolute atomic E-state index is 5.80. The van der Waals surface area contributed by atoms with Crippen molar-refractivity contribution in [2.75, 3.05) is 19.6 Å². The van der Waals surface area contributed by atoms with Crippen molar-refractivity contribution in [3.63, 3.8) is 0 Å². The van der Waals surface area contributed by atoms with Crippen molar-refractivity contribution in [3.8, 4) is 10.8 Å². The molecule has 1 saturated heterocycles. The minimum absolute atomic E-state index is 0.700. The molecule has 20 heavy (non-hydrogen) atoms. The fourth-order valence-corrected chi connectivity index (χ4v) is 3.32. The van der Waals surface area contributed by atoms with Gasteiger partial charge in [-0.3, -0.25) is 4.90 Å². The number of aryl methyl sites for hydroxylation is 1. The predicted molar refractivity (Wildman–Crippen MR) is 81.6 cm³/mol. The molecule has 3 heterocycles. The molecule has 2 aromatic heterocycles. The van der Waals surface area contributed by atoms with Crippen LogP contribution in [0.5, 0.6) is 0 Å². The van der Waals surface area contributed by atoms with E-state index in [-0.39, 0.29) is 0 Å². The first-order chi connectivity index (χ1) is 9.76. The zero-order valence-electron chi connectivity index (χ0n) is 11.8. The van der Waals surface area contributed by atoms with Gasteiger partial charge in [0.1, 0.15) is 5.76 Å². The summed E-state index contributed by atoms with van der Waals surface area (Å²) in [6, 6.07) is 4.07. The number of thiophene rings is 1. The third-order valence-electron chi connectivity index (χ3n) is 4.04.